The summed E-state index contributed by atoms with van der Waals surface area (Å²) in [6.07, 6.45) is -11.6. The van der Waals surface area contributed by atoms with Crippen LogP contribution in [0.2, 0.25) is 0 Å². The van der Waals surface area contributed by atoms with Gasteiger partial charge < -0.3 is 40.0 Å². The first-order chi connectivity index (χ1) is 21.8. The number of imidazole rings is 2. The molecular formula is C22H25F2N9O11P2. The van der Waals surface area contributed by atoms with Crippen molar-refractivity contribution in [3.05, 3.63) is 35.3 Å². The van der Waals surface area contributed by atoms with Crippen LogP contribution in [0.1, 0.15) is 12.5 Å². The lowest BCUT2D eigenvalue weighted by molar-refractivity contribution is -0.0620. The van der Waals surface area contributed by atoms with Gasteiger partial charge in [0.25, 0.3) is 5.56 Å². The minimum atomic E-state index is -5.20. The number of nitrogens with two attached hydrogens (primary N) is 2. The number of aromatic amines is 1. The van der Waals surface area contributed by atoms with Gasteiger partial charge in [0, 0.05) is 6.20 Å². The SMILES string of the molecule is Nc1nc2c(ncn2[C@@H]2O[C@@H]3COP(=O)(O)CO[C@@H]4C(F)[C@H](n5cnc6c(N)ccnc65)O[C@@H]4COP(=O)(O)OC2[C@H]3F)c(=O)[nH]1. The van der Waals surface area contributed by atoms with Gasteiger partial charge in [0.15, 0.2) is 41.6 Å². The molecule has 0 amide bonds. The smallest absolute Gasteiger partial charge is 0.397 e. The lowest BCUT2D eigenvalue weighted by atomic mass is 10.1. The van der Waals surface area contributed by atoms with E-state index in [9.17, 15) is 23.7 Å². The molecule has 3 saturated heterocycles. The second-order valence-electron chi connectivity index (χ2n) is 10.5. The Morgan fingerprint density at radius 1 is 0.913 bits per heavy atom. The normalized spacial score (nSPS) is 37.4. The van der Waals surface area contributed by atoms with E-state index in [1.165, 1.54) is 23.2 Å². The Hall–Kier alpha value is -3.43. The van der Waals surface area contributed by atoms with Gasteiger partial charge in [-0.2, -0.15) is 4.98 Å². The third-order valence-electron chi connectivity index (χ3n) is 7.55. The number of H-pyrrole nitrogens is 1. The number of aromatic nitrogens is 7. The van der Waals surface area contributed by atoms with Gasteiger partial charge >= 0.3 is 15.4 Å². The van der Waals surface area contributed by atoms with Crippen LogP contribution in [0, 0.1) is 0 Å². The summed E-state index contributed by atoms with van der Waals surface area (Å²) in [7, 11) is -9.90. The van der Waals surface area contributed by atoms with E-state index in [4.69, 9.17) is 39.2 Å². The quantitative estimate of drug-likeness (QED) is 0.176. The third kappa shape index (κ3) is 5.49. The van der Waals surface area contributed by atoms with Gasteiger partial charge in [-0.3, -0.25) is 32.5 Å². The Balaban J connectivity index is 1.20. The van der Waals surface area contributed by atoms with Gasteiger partial charge in [0.05, 0.1) is 31.6 Å². The summed E-state index contributed by atoms with van der Waals surface area (Å²) in [6, 6.07) is 1.49. The Bertz CT molecular complexity index is 1960. The molecule has 3 aliphatic heterocycles. The highest BCUT2D eigenvalue weighted by atomic mass is 31.2. The molecule has 4 aromatic rings. The highest BCUT2D eigenvalue weighted by molar-refractivity contribution is 7.52. The van der Waals surface area contributed by atoms with E-state index < -0.39 is 89.8 Å². The Labute approximate surface area is 254 Å². The van der Waals surface area contributed by atoms with Crippen LogP contribution >= 0.6 is 15.4 Å². The first-order valence-electron chi connectivity index (χ1n) is 13.4. The van der Waals surface area contributed by atoms with Crippen LogP contribution in [0.15, 0.2) is 29.7 Å². The summed E-state index contributed by atoms with van der Waals surface area (Å²) in [4.78, 5) is 51.8. The van der Waals surface area contributed by atoms with Crippen LogP contribution in [0.4, 0.5) is 20.4 Å². The van der Waals surface area contributed by atoms with E-state index in [0.29, 0.717) is 0 Å². The van der Waals surface area contributed by atoms with Gasteiger partial charge in [0.1, 0.15) is 36.3 Å². The number of ether oxygens (including phenoxy) is 3. The largest absolute Gasteiger partial charge is 0.472 e. The molecule has 248 valence electrons. The van der Waals surface area contributed by atoms with Crippen molar-refractivity contribution < 1.29 is 55.5 Å². The van der Waals surface area contributed by atoms with E-state index in [0.717, 1.165) is 10.9 Å². The first-order valence-corrected chi connectivity index (χ1v) is 16.7. The van der Waals surface area contributed by atoms with E-state index >= 15 is 8.78 Å². The lowest BCUT2D eigenvalue weighted by Crippen LogP contribution is -2.36. The molecule has 20 nitrogen and oxygen atoms in total. The van der Waals surface area contributed by atoms with Crippen molar-refractivity contribution in [2.24, 2.45) is 0 Å². The number of anilines is 2. The minimum Gasteiger partial charge on any atom is -0.397 e. The van der Waals surface area contributed by atoms with Crippen molar-refractivity contribution in [2.75, 3.05) is 31.0 Å². The molecule has 10 atom stereocenters. The Morgan fingerprint density at radius 2 is 1.61 bits per heavy atom. The second-order valence-corrected chi connectivity index (χ2v) is 13.7. The highest BCUT2D eigenvalue weighted by Gasteiger charge is 2.53. The van der Waals surface area contributed by atoms with Crippen molar-refractivity contribution in [3.63, 3.8) is 0 Å². The molecule has 2 bridgehead atoms. The van der Waals surface area contributed by atoms with E-state index in [1.54, 1.807) is 0 Å². The molecule has 3 aliphatic rings. The summed E-state index contributed by atoms with van der Waals surface area (Å²) < 4.78 is 92.2. The molecule has 0 aromatic carbocycles. The topological polar surface area (TPSA) is 276 Å². The monoisotopic (exact) mass is 691 g/mol. The first kappa shape index (κ1) is 31.2. The lowest BCUT2D eigenvalue weighted by Gasteiger charge is -2.25. The van der Waals surface area contributed by atoms with Gasteiger partial charge in [-0.15, -0.1) is 0 Å². The fourth-order valence-electron chi connectivity index (χ4n) is 5.45. The molecule has 46 heavy (non-hydrogen) atoms. The second kappa shape index (κ2) is 11.4. The number of rotatable bonds is 2. The third-order valence-corrected chi connectivity index (χ3v) is 9.56. The molecular weight excluding hydrogens is 666 g/mol. The zero-order chi connectivity index (χ0) is 32.5. The van der Waals surface area contributed by atoms with Gasteiger partial charge in [0.2, 0.25) is 5.95 Å². The van der Waals surface area contributed by atoms with Crippen molar-refractivity contribution in [2.45, 2.75) is 49.2 Å². The van der Waals surface area contributed by atoms with Gasteiger partial charge in [-0.05, 0) is 6.07 Å². The van der Waals surface area contributed by atoms with Crippen LogP contribution in [-0.4, -0.2) is 100 Å². The minimum absolute atomic E-state index is 0.146. The number of hydrogen-bond acceptors (Lipinski definition) is 15. The molecule has 0 spiro atoms. The number of hydrogen-bond donors (Lipinski definition) is 5. The molecule has 7 N–H and O–H groups in total. The molecule has 7 rings (SSSR count). The maximum atomic E-state index is 15.9. The van der Waals surface area contributed by atoms with Crippen molar-refractivity contribution in [1.82, 2.24) is 34.1 Å². The van der Waals surface area contributed by atoms with Crippen LogP contribution in [0.25, 0.3) is 22.3 Å². The molecule has 4 unspecified atom stereocenters. The van der Waals surface area contributed by atoms with Crippen LogP contribution in [0.5, 0.6) is 0 Å². The Morgan fingerprint density at radius 3 is 2.39 bits per heavy atom. The molecule has 0 radical (unpaired) electrons. The fraction of sp³-hybridized carbons (Fsp3) is 0.500. The van der Waals surface area contributed by atoms with Crippen molar-refractivity contribution in [1.29, 1.82) is 0 Å². The fourth-order valence-corrected chi connectivity index (χ4v) is 7.18. The molecule has 0 saturated carbocycles. The number of alkyl halides is 2. The number of nitrogens with one attached hydrogen (secondary N) is 1. The summed E-state index contributed by atoms with van der Waals surface area (Å²) in [5.74, 6) is -0.319. The average Bonchev–Trinajstić information content (AvgIpc) is 3.75. The Kier molecular flexibility index (Phi) is 7.71. The van der Waals surface area contributed by atoms with Crippen molar-refractivity contribution in [3.8, 4) is 0 Å². The summed E-state index contributed by atoms with van der Waals surface area (Å²) in [6.45, 7) is -1.75. The van der Waals surface area contributed by atoms with E-state index in [2.05, 4.69) is 24.9 Å². The molecule has 7 heterocycles. The highest BCUT2D eigenvalue weighted by Crippen LogP contribution is 2.52. The van der Waals surface area contributed by atoms with Crippen molar-refractivity contribution >= 4 is 49.4 Å². The summed E-state index contributed by atoms with van der Waals surface area (Å²) in [5, 5.41) is 0. The average molecular weight is 691 g/mol. The number of halogens is 2. The zero-order valence-corrected chi connectivity index (χ0v) is 24.9. The standard InChI is InChI=1S/C22H25F2N9O11P2/c23-11-9-3-40-45(35,36)7-39-15-10(43-20(12(15)24)32-5-28-13-8(25)1-2-27-17(13)32)4-41-46(37,38)44-16(11)21(42-9)33-6-29-14-18(33)30-22(26)31-19(14)34/h1-2,5-6,9-12,15-16,20-21H,3-4,7H2,(H2,25,27)(H,35,36)(H,37,38)(H3,26,30,31,34)/t9-,10-,11+,12?,15+,16?,20-,21-/m1/s1. The number of fused-ring (bicyclic) bond motifs is 5. The van der Waals surface area contributed by atoms with Crippen LogP contribution < -0.4 is 17.0 Å². The number of nitrogens with zero attached hydrogens (tertiary/aromatic N) is 6. The molecule has 4 aromatic heterocycles. The summed E-state index contributed by atoms with van der Waals surface area (Å²) >= 11 is 0. The molecule has 3 fully saturated rings. The van der Waals surface area contributed by atoms with E-state index in [1.807, 2.05) is 0 Å². The summed E-state index contributed by atoms with van der Waals surface area (Å²) in [5.41, 5.74) is 11.1. The number of pyridine rings is 1. The molecule has 0 aliphatic carbocycles. The van der Waals surface area contributed by atoms with Crippen LogP contribution in [-0.2, 0) is 36.9 Å². The number of nitrogen functional groups attached to an aromatic ring is 2. The predicted molar refractivity (Wildman–Crippen MR) is 148 cm³/mol. The molecule has 24 heteroatoms. The van der Waals surface area contributed by atoms with Crippen LogP contribution in [0.3, 0.4) is 0 Å². The van der Waals surface area contributed by atoms with E-state index in [-0.39, 0.29) is 34.0 Å². The number of phosphoric ester groups is 1. The maximum Gasteiger partial charge on any atom is 0.472 e. The predicted octanol–water partition coefficient (Wildman–Crippen LogP) is 0.260. The maximum absolute atomic E-state index is 15.9. The van der Waals surface area contributed by atoms with Gasteiger partial charge in [-0.25, -0.2) is 28.3 Å². The zero-order valence-electron chi connectivity index (χ0n) is 23.1. The van der Waals surface area contributed by atoms with Gasteiger partial charge in [-0.1, -0.05) is 0 Å². The number of phosphoric acid groups is 1.